The first-order valence-electron chi connectivity index (χ1n) is 11.6. The summed E-state index contributed by atoms with van der Waals surface area (Å²) in [5, 5.41) is 2.44. The third kappa shape index (κ3) is 4.98. The summed E-state index contributed by atoms with van der Waals surface area (Å²) >= 11 is 6.25. The maximum atomic E-state index is 12.9. The Kier molecular flexibility index (Phi) is 6.25. The van der Waals surface area contributed by atoms with Crippen LogP contribution in [-0.2, 0) is 21.2 Å². The molecular weight excluding hydrogens is 456 g/mol. The van der Waals surface area contributed by atoms with E-state index in [1.165, 1.54) is 6.42 Å². The third-order valence-electron chi connectivity index (χ3n) is 6.90. The molecule has 2 atom stereocenters. The number of nitrogens with zero attached hydrogens (tertiary/aromatic N) is 1. The lowest BCUT2D eigenvalue weighted by atomic mass is 9.96. The van der Waals surface area contributed by atoms with Gasteiger partial charge in [-0.2, -0.15) is 0 Å². The summed E-state index contributed by atoms with van der Waals surface area (Å²) in [5.74, 6) is 0.352. The van der Waals surface area contributed by atoms with E-state index in [2.05, 4.69) is 9.71 Å². The molecule has 2 aliphatic rings. The van der Waals surface area contributed by atoms with Crippen LogP contribution in [0.2, 0.25) is 5.02 Å². The van der Waals surface area contributed by atoms with Crippen LogP contribution >= 0.6 is 11.6 Å². The molecule has 5 nitrogen and oxygen atoms in total. The second-order valence-corrected chi connectivity index (χ2v) is 11.4. The molecule has 1 heterocycles. The first kappa shape index (κ1) is 22.5. The van der Waals surface area contributed by atoms with E-state index in [9.17, 15) is 13.2 Å². The minimum Gasteiger partial charge on any atom is -0.299 e. The van der Waals surface area contributed by atoms with Crippen LogP contribution in [0, 0.1) is 5.92 Å². The minimum absolute atomic E-state index is 0.0172. The summed E-state index contributed by atoms with van der Waals surface area (Å²) in [6.45, 7) is 0. The monoisotopic (exact) mass is 482 g/mol. The average Bonchev–Trinajstić information content (AvgIpc) is 3.61. The Morgan fingerprint density at radius 1 is 1.03 bits per heavy atom. The van der Waals surface area contributed by atoms with Gasteiger partial charge in [-0.1, -0.05) is 55.1 Å². The van der Waals surface area contributed by atoms with Crippen molar-refractivity contribution in [1.29, 1.82) is 0 Å². The van der Waals surface area contributed by atoms with Crippen molar-refractivity contribution < 1.29 is 13.2 Å². The lowest BCUT2D eigenvalue weighted by Gasteiger charge is -2.22. The van der Waals surface area contributed by atoms with Gasteiger partial charge in [0.05, 0.1) is 9.92 Å². The van der Waals surface area contributed by atoms with Crippen molar-refractivity contribution in [3.05, 3.63) is 71.0 Å². The molecule has 1 N–H and O–H groups in total. The highest BCUT2D eigenvalue weighted by atomic mass is 35.5. The second-order valence-electron chi connectivity index (χ2n) is 9.29. The van der Waals surface area contributed by atoms with E-state index in [1.807, 2.05) is 30.3 Å². The minimum atomic E-state index is -3.51. The first-order valence-corrected chi connectivity index (χ1v) is 13.4. The lowest BCUT2D eigenvalue weighted by molar-refractivity contribution is -0.119. The average molecular weight is 483 g/mol. The maximum Gasteiger partial charge on any atom is 0.240 e. The van der Waals surface area contributed by atoms with E-state index in [0.717, 1.165) is 54.0 Å². The highest BCUT2D eigenvalue weighted by Gasteiger charge is 2.43. The van der Waals surface area contributed by atoms with E-state index >= 15 is 0 Å². The second kappa shape index (κ2) is 9.16. The molecular formula is C26H27ClN2O3S. The van der Waals surface area contributed by atoms with Gasteiger partial charge >= 0.3 is 0 Å². The number of sulfonamides is 1. The van der Waals surface area contributed by atoms with Crippen molar-refractivity contribution in [2.24, 2.45) is 5.92 Å². The molecule has 2 aromatic carbocycles. The molecule has 2 aliphatic carbocycles. The largest absolute Gasteiger partial charge is 0.299 e. The van der Waals surface area contributed by atoms with Crippen molar-refractivity contribution in [3.8, 4) is 0 Å². The van der Waals surface area contributed by atoms with E-state index in [0.29, 0.717) is 16.3 Å². The molecule has 2 fully saturated rings. The number of rotatable bonds is 7. The zero-order chi connectivity index (χ0) is 23.0. The number of nitrogens with one attached hydrogen (secondary N) is 1. The van der Waals surface area contributed by atoms with Crippen LogP contribution in [0.3, 0.4) is 0 Å². The number of benzene rings is 2. The zero-order valence-electron chi connectivity index (χ0n) is 18.3. The summed E-state index contributed by atoms with van der Waals surface area (Å²) in [4.78, 5) is 17.3. The molecule has 0 saturated heterocycles. The fourth-order valence-corrected chi connectivity index (χ4v) is 6.46. The third-order valence-corrected chi connectivity index (χ3v) is 8.74. The molecule has 3 aromatic rings. The van der Waals surface area contributed by atoms with Gasteiger partial charge in [0.1, 0.15) is 5.78 Å². The van der Waals surface area contributed by atoms with Crippen LogP contribution in [0.1, 0.15) is 55.6 Å². The van der Waals surface area contributed by atoms with Crippen LogP contribution in [0.25, 0.3) is 10.8 Å². The molecule has 0 aliphatic heterocycles. The number of carbonyl (C=O) groups excluding carboxylic acids is 1. The number of hydrogen-bond donors (Lipinski definition) is 1. The van der Waals surface area contributed by atoms with Crippen LogP contribution in [0.4, 0.5) is 0 Å². The van der Waals surface area contributed by atoms with Crippen molar-refractivity contribution in [1.82, 2.24) is 9.71 Å². The quantitative estimate of drug-likeness (QED) is 0.488. The van der Waals surface area contributed by atoms with Gasteiger partial charge in [-0.15, -0.1) is 0 Å². The topological polar surface area (TPSA) is 76.1 Å². The predicted molar refractivity (Wildman–Crippen MR) is 130 cm³/mol. The van der Waals surface area contributed by atoms with Crippen molar-refractivity contribution in [2.45, 2.75) is 61.8 Å². The molecule has 7 heteroatoms. The standard InChI is InChI=1S/C26H27ClN2O3S/c27-25-16-28-15-19-7-6-17(12-23(19)25)13-26(30)24-14-22(24)18-8-10-21(11-9-18)33(31,32)29-20-4-2-1-3-5-20/h6-12,15-16,20,22,24,29H,1-5,13-14H2/t22?,24-/m1/s1. The number of halogens is 1. The summed E-state index contributed by atoms with van der Waals surface area (Å²) in [7, 11) is -3.51. The van der Waals surface area contributed by atoms with Gasteiger partial charge in [-0.3, -0.25) is 9.78 Å². The molecule has 1 aromatic heterocycles. The van der Waals surface area contributed by atoms with Crippen LogP contribution in [-0.4, -0.2) is 25.2 Å². The Morgan fingerprint density at radius 2 is 1.79 bits per heavy atom. The Labute approximate surface area is 199 Å². The molecule has 33 heavy (non-hydrogen) atoms. The van der Waals surface area contributed by atoms with E-state index in [4.69, 9.17) is 11.6 Å². The Morgan fingerprint density at radius 3 is 2.55 bits per heavy atom. The smallest absolute Gasteiger partial charge is 0.240 e. The fourth-order valence-electron chi connectivity index (χ4n) is 4.94. The summed E-state index contributed by atoms with van der Waals surface area (Å²) < 4.78 is 28.3. The maximum absolute atomic E-state index is 12.9. The van der Waals surface area contributed by atoms with Gasteiger partial charge in [0.25, 0.3) is 0 Å². The normalized spacial score (nSPS) is 21.2. The van der Waals surface area contributed by atoms with Crippen molar-refractivity contribution in [2.75, 3.05) is 0 Å². The van der Waals surface area contributed by atoms with E-state index < -0.39 is 10.0 Å². The van der Waals surface area contributed by atoms with Gasteiger partial charge in [-0.05, 0) is 54.5 Å². The number of pyridine rings is 1. The molecule has 0 spiro atoms. The Balaban J connectivity index is 1.22. The summed E-state index contributed by atoms with van der Waals surface area (Å²) in [5.41, 5.74) is 1.97. The number of carbonyl (C=O) groups is 1. The lowest BCUT2D eigenvalue weighted by Crippen LogP contribution is -2.36. The predicted octanol–water partition coefficient (Wildman–Crippen LogP) is 5.41. The SMILES string of the molecule is O=C(Cc1ccc2cncc(Cl)c2c1)[C@@H]1CC1c1ccc(S(=O)(=O)NC2CCCCC2)cc1. The number of ketones is 1. The van der Waals surface area contributed by atoms with Crippen molar-refractivity contribution >= 4 is 38.2 Å². The van der Waals surface area contributed by atoms with E-state index in [-0.39, 0.29) is 23.7 Å². The van der Waals surface area contributed by atoms with Crippen LogP contribution in [0.5, 0.6) is 0 Å². The van der Waals surface area contributed by atoms with Crippen molar-refractivity contribution in [3.63, 3.8) is 0 Å². The highest BCUT2D eigenvalue weighted by molar-refractivity contribution is 7.89. The van der Waals surface area contributed by atoms with Gasteiger partial charge in [0.2, 0.25) is 10.0 Å². The molecule has 172 valence electrons. The number of Topliss-reactive ketones (excluding diaryl/α,β-unsaturated/α-hetero) is 1. The van der Waals surface area contributed by atoms with E-state index in [1.54, 1.807) is 24.5 Å². The van der Waals surface area contributed by atoms with Gasteiger partial charge in [-0.25, -0.2) is 13.1 Å². The van der Waals surface area contributed by atoms with Gasteiger partial charge in [0, 0.05) is 41.5 Å². The molecule has 0 bridgehead atoms. The summed E-state index contributed by atoms with van der Waals surface area (Å²) in [6, 6.07) is 12.9. The first-order chi connectivity index (χ1) is 15.9. The zero-order valence-corrected chi connectivity index (χ0v) is 19.9. The summed E-state index contributed by atoms with van der Waals surface area (Å²) in [6.07, 6.45) is 9.70. The molecule has 1 unspecified atom stereocenters. The number of fused-ring (bicyclic) bond motifs is 1. The number of hydrogen-bond acceptors (Lipinski definition) is 4. The highest BCUT2D eigenvalue weighted by Crippen LogP contribution is 2.48. The molecule has 0 radical (unpaired) electrons. The number of aromatic nitrogens is 1. The Bertz CT molecular complexity index is 1280. The molecule has 2 saturated carbocycles. The fraction of sp³-hybridized carbons (Fsp3) is 0.385. The van der Waals surface area contributed by atoms with Crippen LogP contribution < -0.4 is 4.72 Å². The van der Waals surface area contributed by atoms with Gasteiger partial charge < -0.3 is 0 Å². The molecule has 0 amide bonds. The van der Waals surface area contributed by atoms with Gasteiger partial charge in [0.15, 0.2) is 0 Å². The van der Waals surface area contributed by atoms with Crippen LogP contribution in [0.15, 0.2) is 59.8 Å². The Hall–Kier alpha value is -2.28. The molecule has 5 rings (SSSR count).